The van der Waals surface area contributed by atoms with Gasteiger partial charge in [0.25, 0.3) is 5.69 Å². The monoisotopic (exact) mass is 265 g/mol. The topological polar surface area (TPSA) is 107 Å². The van der Waals surface area contributed by atoms with Gasteiger partial charge in [0.1, 0.15) is 5.54 Å². The molecule has 1 aliphatic rings. The fraction of sp³-hybridized carbons (Fsp3) is 0.417. The van der Waals surface area contributed by atoms with E-state index in [4.69, 9.17) is 10.5 Å². The molecule has 1 aliphatic heterocycles. The molecule has 1 unspecified atom stereocenters. The lowest BCUT2D eigenvalue weighted by Gasteiger charge is -2.20. The number of carbonyl (C=O) groups is 1. The van der Waals surface area contributed by atoms with Crippen LogP contribution in [0.1, 0.15) is 12.0 Å². The van der Waals surface area contributed by atoms with Crippen LogP contribution in [-0.2, 0) is 16.1 Å². The lowest BCUT2D eigenvalue weighted by atomic mass is 9.99. The Hall–Kier alpha value is -1.99. The van der Waals surface area contributed by atoms with Crippen LogP contribution in [-0.4, -0.2) is 29.6 Å². The molecule has 0 bridgehead atoms. The average molecular weight is 265 g/mol. The summed E-state index contributed by atoms with van der Waals surface area (Å²) >= 11 is 0. The first-order chi connectivity index (χ1) is 9.03. The van der Waals surface area contributed by atoms with Crippen LogP contribution < -0.4 is 11.1 Å². The summed E-state index contributed by atoms with van der Waals surface area (Å²) in [6, 6.07) is 6.27. The van der Waals surface area contributed by atoms with Gasteiger partial charge in [0.15, 0.2) is 0 Å². The summed E-state index contributed by atoms with van der Waals surface area (Å²) in [5, 5.41) is 13.5. The molecule has 1 saturated heterocycles. The van der Waals surface area contributed by atoms with Crippen LogP contribution in [0.2, 0.25) is 0 Å². The second-order valence-electron chi connectivity index (χ2n) is 4.53. The van der Waals surface area contributed by atoms with E-state index >= 15 is 0 Å². The average Bonchev–Trinajstić information content (AvgIpc) is 2.84. The van der Waals surface area contributed by atoms with Crippen molar-refractivity contribution in [2.24, 2.45) is 5.73 Å². The van der Waals surface area contributed by atoms with Crippen LogP contribution in [0.15, 0.2) is 24.3 Å². The first kappa shape index (κ1) is 13.4. The number of benzene rings is 1. The molecule has 1 aromatic carbocycles. The summed E-state index contributed by atoms with van der Waals surface area (Å²) in [5.74, 6) is -0.344. The Balaban J connectivity index is 2.03. The number of para-hydroxylation sites is 1. The molecule has 2 rings (SSSR count). The molecule has 1 aromatic rings. The van der Waals surface area contributed by atoms with Crippen molar-refractivity contribution in [2.45, 2.75) is 18.5 Å². The van der Waals surface area contributed by atoms with Gasteiger partial charge in [0, 0.05) is 24.8 Å². The number of hydrogen-bond acceptors (Lipinski definition) is 5. The Morgan fingerprint density at radius 3 is 2.89 bits per heavy atom. The van der Waals surface area contributed by atoms with Crippen molar-refractivity contribution in [3.8, 4) is 0 Å². The maximum absolute atomic E-state index is 11.9. The lowest BCUT2D eigenvalue weighted by Crippen LogP contribution is -2.54. The number of carbonyl (C=O) groups excluding carboxylic acids is 1. The summed E-state index contributed by atoms with van der Waals surface area (Å²) in [5.41, 5.74) is 5.30. The minimum absolute atomic E-state index is 0.0171. The Bertz CT molecular complexity index is 498. The largest absolute Gasteiger partial charge is 0.379 e. The third-order valence-corrected chi connectivity index (χ3v) is 3.13. The molecule has 7 heteroatoms. The molecule has 0 saturated carbocycles. The molecule has 1 heterocycles. The molecular formula is C12H15N3O4. The first-order valence-corrected chi connectivity index (χ1v) is 5.90. The first-order valence-electron chi connectivity index (χ1n) is 5.90. The number of rotatable bonds is 4. The van der Waals surface area contributed by atoms with E-state index in [1.807, 2.05) is 0 Å². The molecule has 0 spiro atoms. The predicted octanol–water partition coefficient (Wildman–Crippen LogP) is 0.329. The van der Waals surface area contributed by atoms with Crippen LogP contribution in [0.4, 0.5) is 5.69 Å². The van der Waals surface area contributed by atoms with Crippen LogP contribution in [0.25, 0.3) is 0 Å². The van der Waals surface area contributed by atoms with Crippen molar-refractivity contribution in [1.29, 1.82) is 0 Å². The third kappa shape index (κ3) is 2.88. The Labute approximate surface area is 109 Å². The highest BCUT2D eigenvalue weighted by atomic mass is 16.6. The SMILES string of the molecule is NC1(C(=O)NCc2ccccc2[N+](=O)[O-])CCOC1. The lowest BCUT2D eigenvalue weighted by molar-refractivity contribution is -0.385. The summed E-state index contributed by atoms with van der Waals surface area (Å²) in [4.78, 5) is 22.3. The zero-order valence-corrected chi connectivity index (χ0v) is 10.3. The van der Waals surface area contributed by atoms with E-state index in [2.05, 4.69) is 5.32 Å². The van der Waals surface area contributed by atoms with Gasteiger partial charge in [0.2, 0.25) is 5.91 Å². The van der Waals surface area contributed by atoms with Crippen molar-refractivity contribution < 1.29 is 14.5 Å². The summed E-state index contributed by atoms with van der Waals surface area (Å²) < 4.78 is 5.10. The minimum Gasteiger partial charge on any atom is -0.379 e. The Morgan fingerprint density at radius 2 is 2.26 bits per heavy atom. The van der Waals surface area contributed by atoms with Gasteiger partial charge in [-0.05, 0) is 6.42 Å². The van der Waals surface area contributed by atoms with Gasteiger partial charge in [-0.3, -0.25) is 14.9 Å². The van der Waals surface area contributed by atoms with Crippen LogP contribution in [0.5, 0.6) is 0 Å². The van der Waals surface area contributed by atoms with Crippen molar-refractivity contribution in [3.63, 3.8) is 0 Å². The highest BCUT2D eigenvalue weighted by Gasteiger charge is 2.38. The molecule has 1 fully saturated rings. The normalized spacial score (nSPS) is 22.2. The molecule has 0 aliphatic carbocycles. The molecule has 3 N–H and O–H groups in total. The molecule has 19 heavy (non-hydrogen) atoms. The van der Waals surface area contributed by atoms with Gasteiger partial charge < -0.3 is 15.8 Å². The smallest absolute Gasteiger partial charge is 0.274 e. The standard InChI is InChI=1S/C12H15N3O4/c13-12(5-6-19-8-12)11(16)14-7-9-3-1-2-4-10(9)15(17)18/h1-4H,5-8,13H2,(H,14,16). The summed E-state index contributed by atoms with van der Waals surface area (Å²) in [6.45, 7) is 0.708. The fourth-order valence-corrected chi connectivity index (χ4v) is 1.95. The number of nitrogens with two attached hydrogens (primary N) is 1. The number of ether oxygens (including phenoxy) is 1. The second-order valence-corrected chi connectivity index (χ2v) is 4.53. The fourth-order valence-electron chi connectivity index (χ4n) is 1.95. The number of amides is 1. The zero-order chi connectivity index (χ0) is 13.9. The van der Waals surface area contributed by atoms with E-state index in [9.17, 15) is 14.9 Å². The van der Waals surface area contributed by atoms with E-state index in [1.54, 1.807) is 18.2 Å². The van der Waals surface area contributed by atoms with E-state index in [0.717, 1.165) is 0 Å². The number of nitrogens with one attached hydrogen (secondary N) is 1. The maximum Gasteiger partial charge on any atom is 0.274 e. The van der Waals surface area contributed by atoms with E-state index in [-0.39, 0.29) is 24.7 Å². The highest BCUT2D eigenvalue weighted by Crippen LogP contribution is 2.19. The molecule has 1 atom stereocenters. The van der Waals surface area contributed by atoms with Gasteiger partial charge in [-0.15, -0.1) is 0 Å². The number of nitro groups is 1. The Kier molecular flexibility index (Phi) is 3.77. The molecule has 1 amide bonds. The molecular weight excluding hydrogens is 250 g/mol. The zero-order valence-electron chi connectivity index (χ0n) is 10.3. The Morgan fingerprint density at radius 1 is 1.53 bits per heavy atom. The van der Waals surface area contributed by atoms with Gasteiger partial charge in [-0.1, -0.05) is 18.2 Å². The predicted molar refractivity (Wildman–Crippen MR) is 67.3 cm³/mol. The van der Waals surface area contributed by atoms with Gasteiger partial charge >= 0.3 is 0 Å². The van der Waals surface area contributed by atoms with Crippen LogP contribution in [0, 0.1) is 10.1 Å². The van der Waals surface area contributed by atoms with Crippen LogP contribution in [0.3, 0.4) is 0 Å². The maximum atomic E-state index is 11.9. The quantitative estimate of drug-likeness (QED) is 0.602. The van der Waals surface area contributed by atoms with Crippen molar-refractivity contribution in [1.82, 2.24) is 5.32 Å². The highest BCUT2D eigenvalue weighted by molar-refractivity contribution is 5.86. The summed E-state index contributed by atoms with van der Waals surface area (Å²) in [6.07, 6.45) is 0.454. The second kappa shape index (κ2) is 5.33. The van der Waals surface area contributed by atoms with Gasteiger partial charge in [-0.25, -0.2) is 0 Å². The number of hydrogen-bond donors (Lipinski definition) is 2. The van der Waals surface area contributed by atoms with Crippen molar-refractivity contribution in [2.75, 3.05) is 13.2 Å². The van der Waals surface area contributed by atoms with Crippen molar-refractivity contribution in [3.05, 3.63) is 39.9 Å². The van der Waals surface area contributed by atoms with Crippen LogP contribution >= 0.6 is 0 Å². The van der Waals surface area contributed by atoms with E-state index < -0.39 is 10.5 Å². The molecule has 0 radical (unpaired) electrons. The summed E-state index contributed by atoms with van der Waals surface area (Å²) in [7, 11) is 0. The third-order valence-electron chi connectivity index (χ3n) is 3.13. The minimum atomic E-state index is -1.02. The van der Waals surface area contributed by atoms with E-state index in [0.29, 0.717) is 18.6 Å². The molecule has 102 valence electrons. The number of nitrogens with zero attached hydrogens (tertiary/aromatic N) is 1. The number of nitro benzene ring substituents is 1. The van der Waals surface area contributed by atoms with E-state index in [1.165, 1.54) is 6.07 Å². The molecule has 0 aromatic heterocycles. The molecule has 7 nitrogen and oxygen atoms in total. The van der Waals surface area contributed by atoms with Gasteiger partial charge in [-0.2, -0.15) is 0 Å². The van der Waals surface area contributed by atoms with Gasteiger partial charge in [0.05, 0.1) is 11.5 Å². The van der Waals surface area contributed by atoms with Crippen molar-refractivity contribution >= 4 is 11.6 Å².